The van der Waals surface area contributed by atoms with Crippen LogP contribution in [0.5, 0.6) is 0 Å². The molecule has 3 aromatic rings. The van der Waals surface area contributed by atoms with Crippen LogP contribution in [0.2, 0.25) is 0 Å². The van der Waals surface area contributed by atoms with E-state index in [2.05, 4.69) is 4.98 Å². The molecule has 1 N–H and O–H groups in total. The summed E-state index contributed by atoms with van der Waals surface area (Å²) < 4.78 is 5.53. The number of esters is 1. The maximum absolute atomic E-state index is 13.0. The highest BCUT2D eigenvalue weighted by Crippen LogP contribution is 2.26. The number of carbonyl (C=O) groups excluding carboxylic acids is 3. The molecular weight excluding hydrogens is 388 g/mol. The molecule has 29 heavy (non-hydrogen) atoms. The Bertz CT molecular complexity index is 1070. The zero-order valence-electron chi connectivity index (χ0n) is 16.3. The minimum atomic E-state index is -0.931. The standard InChI is InChI=1S/C22H22N2O4S/c1-13-19(15-7-3-4-8-16(15)23-13)20(25)14(2)28-22(27)17-9-5-11-24(17)21(26)18-10-6-12-29-18/h3-4,6-8,10,12,14,17,23H,5,9,11H2,1-2H3/t14-,17+/m1/s1. The number of carbonyl (C=O) groups is 3. The molecule has 0 bridgehead atoms. The number of thiophene rings is 1. The minimum Gasteiger partial charge on any atom is -0.453 e. The lowest BCUT2D eigenvalue weighted by molar-refractivity contribution is -0.150. The van der Waals surface area contributed by atoms with Crippen LogP contribution < -0.4 is 0 Å². The van der Waals surface area contributed by atoms with Crippen LogP contribution in [0.15, 0.2) is 41.8 Å². The molecule has 0 aliphatic carbocycles. The van der Waals surface area contributed by atoms with Gasteiger partial charge in [0, 0.05) is 28.7 Å². The molecule has 6 nitrogen and oxygen atoms in total. The summed E-state index contributed by atoms with van der Waals surface area (Å²) in [6, 6.07) is 10.5. The highest BCUT2D eigenvalue weighted by molar-refractivity contribution is 7.12. The highest BCUT2D eigenvalue weighted by Gasteiger charge is 2.37. The van der Waals surface area contributed by atoms with Crippen molar-refractivity contribution < 1.29 is 19.1 Å². The molecule has 0 unspecified atom stereocenters. The molecule has 7 heteroatoms. The van der Waals surface area contributed by atoms with Crippen molar-refractivity contribution in [2.75, 3.05) is 6.54 Å². The number of nitrogens with one attached hydrogen (secondary N) is 1. The Labute approximate surface area is 172 Å². The van der Waals surface area contributed by atoms with Gasteiger partial charge in [0.2, 0.25) is 5.78 Å². The molecule has 1 aromatic carbocycles. The second-order valence-electron chi connectivity index (χ2n) is 7.25. The number of nitrogens with zero attached hydrogens (tertiary/aromatic N) is 1. The van der Waals surface area contributed by atoms with Crippen molar-refractivity contribution in [3.63, 3.8) is 0 Å². The molecule has 1 aliphatic heterocycles. The number of aromatic amines is 1. The van der Waals surface area contributed by atoms with E-state index < -0.39 is 18.1 Å². The molecule has 1 saturated heterocycles. The van der Waals surface area contributed by atoms with E-state index in [-0.39, 0.29) is 11.7 Å². The third-order valence-electron chi connectivity index (χ3n) is 5.32. The number of hydrogen-bond donors (Lipinski definition) is 1. The zero-order valence-corrected chi connectivity index (χ0v) is 17.1. The summed E-state index contributed by atoms with van der Waals surface area (Å²) in [5, 5.41) is 2.65. The number of benzene rings is 1. The number of ether oxygens (including phenoxy) is 1. The van der Waals surface area contributed by atoms with E-state index in [1.54, 1.807) is 17.9 Å². The SMILES string of the molecule is Cc1[nH]c2ccccc2c1C(=O)[C@@H](C)OC(=O)[C@@H]1CCCN1C(=O)c1cccs1. The minimum absolute atomic E-state index is 0.161. The largest absolute Gasteiger partial charge is 0.453 e. The molecule has 0 radical (unpaired) electrons. The number of ketones is 1. The maximum atomic E-state index is 13.0. The monoisotopic (exact) mass is 410 g/mol. The third-order valence-corrected chi connectivity index (χ3v) is 6.18. The summed E-state index contributed by atoms with van der Waals surface area (Å²) in [7, 11) is 0. The second-order valence-corrected chi connectivity index (χ2v) is 8.20. The Morgan fingerprint density at radius 1 is 1.21 bits per heavy atom. The summed E-state index contributed by atoms with van der Waals surface area (Å²) in [4.78, 5) is 43.8. The maximum Gasteiger partial charge on any atom is 0.329 e. The third kappa shape index (κ3) is 3.58. The topological polar surface area (TPSA) is 79.5 Å². The van der Waals surface area contributed by atoms with E-state index in [9.17, 15) is 14.4 Å². The van der Waals surface area contributed by atoms with Crippen molar-refractivity contribution in [1.29, 1.82) is 0 Å². The summed E-state index contributed by atoms with van der Waals surface area (Å²) in [6.45, 7) is 3.93. The van der Waals surface area contributed by atoms with Gasteiger partial charge in [-0.3, -0.25) is 9.59 Å². The number of amides is 1. The van der Waals surface area contributed by atoms with Gasteiger partial charge in [0.1, 0.15) is 6.04 Å². The van der Waals surface area contributed by atoms with E-state index in [1.807, 2.05) is 42.6 Å². The average molecular weight is 410 g/mol. The molecule has 1 amide bonds. The van der Waals surface area contributed by atoms with Crippen molar-refractivity contribution in [3.05, 3.63) is 57.9 Å². The molecule has 2 aromatic heterocycles. The van der Waals surface area contributed by atoms with Gasteiger partial charge in [-0.2, -0.15) is 0 Å². The Kier molecular flexibility index (Phi) is 5.24. The number of aromatic nitrogens is 1. The van der Waals surface area contributed by atoms with Crippen LogP contribution in [0.25, 0.3) is 10.9 Å². The lowest BCUT2D eigenvalue weighted by atomic mass is 10.0. The van der Waals surface area contributed by atoms with E-state index in [1.165, 1.54) is 11.3 Å². The van der Waals surface area contributed by atoms with Crippen LogP contribution in [0.3, 0.4) is 0 Å². The molecule has 4 rings (SSSR count). The van der Waals surface area contributed by atoms with Gasteiger partial charge in [0.05, 0.1) is 4.88 Å². The number of aryl methyl sites for hydroxylation is 1. The summed E-state index contributed by atoms with van der Waals surface area (Å²) >= 11 is 1.35. The fourth-order valence-electron chi connectivity index (χ4n) is 3.90. The quantitative estimate of drug-likeness (QED) is 0.510. The zero-order chi connectivity index (χ0) is 20.5. The Morgan fingerprint density at radius 3 is 2.76 bits per heavy atom. The summed E-state index contributed by atoms with van der Waals surface area (Å²) in [5.41, 5.74) is 2.16. The predicted octanol–water partition coefficient (Wildman–Crippen LogP) is 3.96. The van der Waals surface area contributed by atoms with E-state index in [0.29, 0.717) is 23.4 Å². The predicted molar refractivity (Wildman–Crippen MR) is 111 cm³/mol. The fourth-order valence-corrected chi connectivity index (χ4v) is 4.58. The molecule has 0 spiro atoms. The van der Waals surface area contributed by atoms with Gasteiger partial charge in [-0.15, -0.1) is 11.3 Å². The van der Waals surface area contributed by atoms with Crippen molar-refractivity contribution in [1.82, 2.24) is 9.88 Å². The number of likely N-dealkylation sites (tertiary alicyclic amines) is 1. The number of H-pyrrole nitrogens is 1. The first-order valence-corrected chi connectivity index (χ1v) is 10.5. The van der Waals surface area contributed by atoms with Gasteiger partial charge in [-0.05, 0) is 44.2 Å². The first kappa shape index (κ1) is 19.4. The molecule has 1 fully saturated rings. The van der Waals surface area contributed by atoms with Gasteiger partial charge in [-0.1, -0.05) is 24.3 Å². The lowest BCUT2D eigenvalue weighted by Gasteiger charge is -2.24. The van der Waals surface area contributed by atoms with Gasteiger partial charge >= 0.3 is 5.97 Å². The number of Topliss-reactive ketones (excluding diaryl/α,β-unsaturated/α-hetero) is 1. The first-order valence-electron chi connectivity index (χ1n) is 9.64. The molecule has 1 aliphatic rings. The van der Waals surface area contributed by atoms with Gasteiger partial charge in [-0.25, -0.2) is 4.79 Å². The molecule has 150 valence electrons. The molecular formula is C22H22N2O4S. The van der Waals surface area contributed by atoms with E-state index >= 15 is 0 Å². The van der Waals surface area contributed by atoms with Crippen LogP contribution in [0, 0.1) is 6.92 Å². The number of para-hydroxylation sites is 1. The molecule has 3 heterocycles. The van der Waals surface area contributed by atoms with Crippen LogP contribution in [0.1, 0.15) is 45.5 Å². The summed E-state index contributed by atoms with van der Waals surface area (Å²) in [6.07, 6.45) is 0.351. The van der Waals surface area contributed by atoms with Crippen molar-refractivity contribution in [2.24, 2.45) is 0 Å². The van der Waals surface area contributed by atoms with Crippen molar-refractivity contribution >= 4 is 39.9 Å². The van der Waals surface area contributed by atoms with Gasteiger partial charge < -0.3 is 14.6 Å². The number of rotatable bonds is 5. The lowest BCUT2D eigenvalue weighted by Crippen LogP contribution is -2.42. The Balaban J connectivity index is 1.49. The first-order chi connectivity index (χ1) is 14.0. The molecule has 0 saturated carbocycles. The average Bonchev–Trinajstić information content (AvgIpc) is 3.45. The van der Waals surface area contributed by atoms with Crippen LogP contribution in [0.4, 0.5) is 0 Å². The normalized spacial score (nSPS) is 17.4. The smallest absolute Gasteiger partial charge is 0.329 e. The van der Waals surface area contributed by atoms with E-state index in [4.69, 9.17) is 4.74 Å². The highest BCUT2D eigenvalue weighted by atomic mass is 32.1. The van der Waals surface area contributed by atoms with Crippen LogP contribution in [-0.2, 0) is 9.53 Å². The fraction of sp³-hybridized carbons (Fsp3) is 0.318. The number of fused-ring (bicyclic) bond motifs is 1. The van der Waals surface area contributed by atoms with Crippen LogP contribution in [-0.4, -0.2) is 46.2 Å². The second kappa shape index (κ2) is 7.83. The number of hydrogen-bond acceptors (Lipinski definition) is 5. The Morgan fingerprint density at radius 2 is 2.00 bits per heavy atom. The van der Waals surface area contributed by atoms with Crippen molar-refractivity contribution in [2.45, 2.75) is 38.8 Å². The Hall–Kier alpha value is -2.93. The van der Waals surface area contributed by atoms with Crippen LogP contribution >= 0.6 is 11.3 Å². The van der Waals surface area contributed by atoms with Gasteiger partial charge in [0.15, 0.2) is 6.10 Å². The molecule has 2 atom stereocenters. The van der Waals surface area contributed by atoms with Crippen molar-refractivity contribution in [3.8, 4) is 0 Å². The summed E-state index contributed by atoms with van der Waals surface area (Å²) in [5.74, 6) is -0.931. The van der Waals surface area contributed by atoms with Gasteiger partial charge in [0.25, 0.3) is 5.91 Å². The van der Waals surface area contributed by atoms with E-state index in [0.717, 1.165) is 23.0 Å².